The number of rotatable bonds is 6. The zero-order valence-corrected chi connectivity index (χ0v) is 18.5. The summed E-state index contributed by atoms with van der Waals surface area (Å²) in [6.45, 7) is 3.11. The first-order chi connectivity index (χ1) is 15.7. The number of pyridine rings is 1. The molecule has 32 heavy (non-hydrogen) atoms. The molecule has 1 amide bonds. The van der Waals surface area contributed by atoms with E-state index in [0.717, 1.165) is 37.2 Å². The molecule has 0 unspecified atom stereocenters. The van der Waals surface area contributed by atoms with Gasteiger partial charge in [0.15, 0.2) is 0 Å². The number of carbonyl (C=O) groups excluding carboxylic acids is 1. The molecule has 1 N–H and O–H groups in total. The van der Waals surface area contributed by atoms with Crippen LogP contribution in [0.3, 0.4) is 0 Å². The lowest BCUT2D eigenvalue weighted by molar-refractivity contribution is 0.0742. The minimum absolute atomic E-state index is 0.170. The minimum Gasteiger partial charge on any atom is -0.428 e. The van der Waals surface area contributed by atoms with Gasteiger partial charge >= 0.3 is 0 Å². The Morgan fingerprint density at radius 1 is 1.03 bits per heavy atom. The Morgan fingerprint density at radius 3 is 2.41 bits per heavy atom. The molecule has 0 spiro atoms. The summed E-state index contributed by atoms with van der Waals surface area (Å²) in [5.41, 5.74) is 3.73. The van der Waals surface area contributed by atoms with Crippen LogP contribution < -0.4 is 10.1 Å². The second kappa shape index (κ2) is 8.09. The first-order valence-electron chi connectivity index (χ1n) is 12.3. The molecular formula is C25H30BFN4O. The van der Waals surface area contributed by atoms with Crippen molar-refractivity contribution in [1.82, 2.24) is 9.88 Å². The molecule has 0 bridgehead atoms. The molecule has 7 heteroatoms. The van der Waals surface area contributed by atoms with E-state index in [4.69, 9.17) is 4.98 Å². The highest BCUT2D eigenvalue weighted by Crippen LogP contribution is 2.47. The monoisotopic (exact) mass is 432 g/mol. The summed E-state index contributed by atoms with van der Waals surface area (Å²) in [5.74, 6) is 1.82. The van der Waals surface area contributed by atoms with E-state index in [1.807, 2.05) is 6.07 Å². The van der Waals surface area contributed by atoms with Crippen LogP contribution in [0.2, 0.25) is 12.6 Å². The number of nitrogens with zero attached hydrogens (tertiary/aromatic N) is 3. The summed E-state index contributed by atoms with van der Waals surface area (Å²) < 4.78 is 14.7. The van der Waals surface area contributed by atoms with E-state index in [1.165, 1.54) is 49.3 Å². The summed E-state index contributed by atoms with van der Waals surface area (Å²) >= 11 is 0. The third-order valence-corrected chi connectivity index (χ3v) is 7.52. The smallest absolute Gasteiger partial charge is 0.256 e. The maximum atomic E-state index is 14.7. The SMILES string of the molecule is O=C(c1ccc(NB2CCC2)cc1F)N1CCN(c2ncc(C3CC3)cc2C2CC2)CC1. The third kappa shape index (κ3) is 3.98. The number of aromatic nitrogens is 1. The highest BCUT2D eigenvalue weighted by molar-refractivity contribution is 6.65. The van der Waals surface area contributed by atoms with Gasteiger partial charge in [-0.3, -0.25) is 4.79 Å². The van der Waals surface area contributed by atoms with Gasteiger partial charge in [0.2, 0.25) is 0 Å². The highest BCUT2D eigenvalue weighted by atomic mass is 19.1. The fourth-order valence-corrected chi connectivity index (χ4v) is 4.95. The van der Waals surface area contributed by atoms with Gasteiger partial charge in [-0.2, -0.15) is 0 Å². The number of amides is 1. The number of hydrogen-bond acceptors (Lipinski definition) is 4. The number of benzene rings is 1. The van der Waals surface area contributed by atoms with Crippen LogP contribution in [-0.4, -0.2) is 48.8 Å². The molecule has 1 aromatic carbocycles. The van der Waals surface area contributed by atoms with Crippen molar-refractivity contribution in [2.24, 2.45) is 0 Å². The molecule has 2 aromatic rings. The van der Waals surface area contributed by atoms with Gasteiger partial charge in [-0.05, 0) is 66.8 Å². The van der Waals surface area contributed by atoms with Gasteiger partial charge < -0.3 is 15.0 Å². The quantitative estimate of drug-likeness (QED) is 0.670. The molecule has 4 aliphatic rings. The molecule has 5 nitrogen and oxygen atoms in total. The van der Waals surface area contributed by atoms with Crippen molar-refractivity contribution in [3.05, 3.63) is 53.0 Å². The second-order valence-corrected chi connectivity index (χ2v) is 9.98. The standard InChI is InChI=1S/C25H30BFN4O/c27-23-15-20(29-26-8-1-9-26)6-7-21(23)25(32)31-12-10-30(11-13-31)24-22(18-4-5-18)14-19(16-28-24)17-2-3-17/h6-7,14-18,29H,1-5,8-13H2. The van der Waals surface area contributed by atoms with E-state index in [9.17, 15) is 9.18 Å². The molecule has 0 atom stereocenters. The number of nitrogens with one attached hydrogen (secondary N) is 1. The average Bonchev–Trinajstić information content (AvgIpc) is 3.69. The summed E-state index contributed by atoms with van der Waals surface area (Å²) in [6, 6.07) is 7.32. The van der Waals surface area contributed by atoms with Crippen LogP contribution >= 0.6 is 0 Å². The predicted octanol–water partition coefficient (Wildman–Crippen LogP) is 4.75. The van der Waals surface area contributed by atoms with Gasteiger partial charge in [0, 0.05) is 38.1 Å². The Hall–Kier alpha value is -2.57. The minimum atomic E-state index is -0.435. The average molecular weight is 432 g/mol. The van der Waals surface area contributed by atoms with E-state index in [2.05, 4.69) is 22.4 Å². The van der Waals surface area contributed by atoms with Crippen LogP contribution in [0.1, 0.15) is 65.4 Å². The summed E-state index contributed by atoms with van der Waals surface area (Å²) in [5, 5.41) is 3.34. The zero-order chi connectivity index (χ0) is 21.7. The molecule has 2 saturated heterocycles. The van der Waals surface area contributed by atoms with Crippen LogP contribution in [0, 0.1) is 5.82 Å². The van der Waals surface area contributed by atoms with Gasteiger partial charge in [-0.15, -0.1) is 0 Å². The largest absolute Gasteiger partial charge is 0.428 e. The highest BCUT2D eigenvalue weighted by Gasteiger charge is 2.33. The van der Waals surface area contributed by atoms with E-state index < -0.39 is 5.82 Å². The molecule has 1 aromatic heterocycles. The number of halogens is 1. The maximum absolute atomic E-state index is 14.7. The van der Waals surface area contributed by atoms with E-state index in [0.29, 0.717) is 31.8 Å². The molecule has 2 aliphatic heterocycles. The Kier molecular flexibility index (Phi) is 5.07. The number of piperazine rings is 1. The summed E-state index contributed by atoms with van der Waals surface area (Å²) in [4.78, 5) is 22.0. The topological polar surface area (TPSA) is 48.5 Å². The first-order valence-corrected chi connectivity index (χ1v) is 12.3. The molecule has 166 valence electrons. The third-order valence-electron chi connectivity index (χ3n) is 7.52. The zero-order valence-electron chi connectivity index (χ0n) is 18.5. The van der Waals surface area contributed by atoms with Crippen molar-refractivity contribution in [3.63, 3.8) is 0 Å². The lowest BCUT2D eigenvalue weighted by Gasteiger charge is -2.36. The summed E-state index contributed by atoms with van der Waals surface area (Å²) in [7, 11) is 0. The van der Waals surface area contributed by atoms with Crippen molar-refractivity contribution < 1.29 is 9.18 Å². The predicted molar refractivity (Wildman–Crippen MR) is 126 cm³/mol. The van der Waals surface area contributed by atoms with Crippen LogP contribution in [0.5, 0.6) is 0 Å². The number of carbonyl (C=O) groups is 1. The van der Waals surface area contributed by atoms with Crippen LogP contribution in [0.25, 0.3) is 0 Å². The van der Waals surface area contributed by atoms with Crippen molar-refractivity contribution in [2.75, 3.05) is 36.3 Å². The van der Waals surface area contributed by atoms with E-state index in [1.54, 1.807) is 11.0 Å². The second-order valence-electron chi connectivity index (χ2n) is 9.98. The molecule has 6 rings (SSSR count). The Bertz CT molecular complexity index is 1030. The molecule has 2 aliphatic carbocycles. The van der Waals surface area contributed by atoms with Crippen LogP contribution in [0.4, 0.5) is 15.9 Å². The lowest BCUT2D eigenvalue weighted by atomic mass is 9.45. The van der Waals surface area contributed by atoms with Gasteiger partial charge in [-0.25, -0.2) is 9.37 Å². The molecule has 4 fully saturated rings. The van der Waals surface area contributed by atoms with E-state index in [-0.39, 0.29) is 11.5 Å². The van der Waals surface area contributed by atoms with Gasteiger partial charge in [0.1, 0.15) is 11.6 Å². The lowest BCUT2D eigenvalue weighted by Crippen LogP contribution is -2.49. The Labute approximate surface area is 189 Å². The molecular weight excluding hydrogens is 402 g/mol. The van der Waals surface area contributed by atoms with Gasteiger partial charge in [0.05, 0.1) is 5.56 Å². The van der Waals surface area contributed by atoms with Crippen molar-refractivity contribution in [3.8, 4) is 0 Å². The fraction of sp³-hybridized carbons (Fsp3) is 0.520. The normalized spacial score (nSPS) is 20.8. The first kappa shape index (κ1) is 20.1. The van der Waals surface area contributed by atoms with Crippen molar-refractivity contribution in [1.29, 1.82) is 0 Å². The van der Waals surface area contributed by atoms with Gasteiger partial charge in [0.25, 0.3) is 12.8 Å². The molecule has 0 radical (unpaired) electrons. The van der Waals surface area contributed by atoms with Crippen molar-refractivity contribution in [2.45, 2.75) is 56.6 Å². The fourth-order valence-electron chi connectivity index (χ4n) is 4.95. The Balaban J connectivity index is 1.12. The van der Waals surface area contributed by atoms with Gasteiger partial charge in [-0.1, -0.05) is 25.1 Å². The maximum Gasteiger partial charge on any atom is 0.256 e. The van der Waals surface area contributed by atoms with Crippen molar-refractivity contribution >= 4 is 24.3 Å². The van der Waals surface area contributed by atoms with E-state index >= 15 is 0 Å². The number of anilines is 2. The molecule has 2 saturated carbocycles. The number of hydrogen-bond donors (Lipinski definition) is 1. The van der Waals surface area contributed by atoms with Crippen LogP contribution in [-0.2, 0) is 0 Å². The van der Waals surface area contributed by atoms with Crippen LogP contribution in [0.15, 0.2) is 30.5 Å². The summed E-state index contributed by atoms with van der Waals surface area (Å²) in [6.07, 6.45) is 10.6. The molecule has 3 heterocycles. The Morgan fingerprint density at radius 2 is 1.78 bits per heavy atom.